The Bertz CT molecular complexity index is 1110. The van der Waals surface area contributed by atoms with E-state index in [1.165, 1.54) is 18.2 Å². The van der Waals surface area contributed by atoms with Gasteiger partial charge in [0, 0.05) is 16.7 Å². The van der Waals surface area contributed by atoms with Gasteiger partial charge in [-0.25, -0.2) is 4.79 Å². The highest BCUT2D eigenvalue weighted by Gasteiger charge is 2.18. The summed E-state index contributed by atoms with van der Waals surface area (Å²) in [6.45, 7) is 5.62. The molecule has 3 rings (SSSR count). The molecular formula is C20H20O6S. The smallest absolute Gasteiger partial charge is 0.335 e. The van der Waals surface area contributed by atoms with Gasteiger partial charge in [0.05, 0.1) is 33.2 Å². The van der Waals surface area contributed by atoms with Crippen molar-refractivity contribution >= 4 is 38.7 Å². The van der Waals surface area contributed by atoms with Crippen LogP contribution in [0.5, 0.6) is 5.75 Å². The third kappa shape index (κ3) is 3.73. The number of ether oxygens (including phenoxy) is 1. The van der Waals surface area contributed by atoms with Gasteiger partial charge in [-0.3, -0.25) is 9.00 Å². The Hall–Kier alpha value is -2.67. The Labute approximate surface area is 158 Å². The number of carbonyl (C=O) groups is 1. The van der Waals surface area contributed by atoms with E-state index in [9.17, 15) is 18.9 Å². The quantitative estimate of drug-likeness (QED) is 0.643. The van der Waals surface area contributed by atoms with Crippen LogP contribution in [0, 0.1) is 0 Å². The van der Waals surface area contributed by atoms with Gasteiger partial charge in [0.1, 0.15) is 5.58 Å². The standard InChI is InChI=1S/C20H20O6S/c1-4-7-27(24)13-9-15-18(21)14-8-12(20(22)23)5-6-16(14)26-19(15)17(10-13)25-11(2)3/h5-6,8-11H,4,7H2,1-3H3,(H,22,23). The molecule has 1 atom stereocenters. The lowest BCUT2D eigenvalue weighted by Crippen LogP contribution is -2.10. The molecule has 0 aliphatic rings. The van der Waals surface area contributed by atoms with Crippen LogP contribution in [-0.2, 0) is 10.8 Å². The summed E-state index contributed by atoms with van der Waals surface area (Å²) >= 11 is 0. The van der Waals surface area contributed by atoms with E-state index in [1.54, 1.807) is 12.1 Å². The van der Waals surface area contributed by atoms with Crippen molar-refractivity contribution in [2.45, 2.75) is 38.2 Å². The van der Waals surface area contributed by atoms with Crippen molar-refractivity contribution in [3.63, 3.8) is 0 Å². The molecule has 0 saturated carbocycles. The van der Waals surface area contributed by atoms with E-state index >= 15 is 0 Å². The molecule has 0 spiro atoms. The molecule has 1 N–H and O–H groups in total. The Morgan fingerprint density at radius 1 is 1.22 bits per heavy atom. The summed E-state index contributed by atoms with van der Waals surface area (Å²) in [4.78, 5) is 24.7. The highest BCUT2D eigenvalue weighted by Crippen LogP contribution is 2.31. The van der Waals surface area contributed by atoms with Gasteiger partial charge in [0.25, 0.3) is 0 Å². The first kappa shape index (κ1) is 19.1. The first-order valence-corrected chi connectivity index (χ1v) is 9.96. The molecule has 0 aliphatic carbocycles. The van der Waals surface area contributed by atoms with Crippen LogP contribution in [0.4, 0.5) is 0 Å². The molecule has 7 heteroatoms. The topological polar surface area (TPSA) is 93.8 Å². The summed E-state index contributed by atoms with van der Waals surface area (Å²) in [6.07, 6.45) is 0.567. The van der Waals surface area contributed by atoms with Gasteiger partial charge < -0.3 is 14.3 Å². The van der Waals surface area contributed by atoms with Crippen LogP contribution in [0.1, 0.15) is 37.6 Å². The molecule has 1 aromatic heterocycles. The van der Waals surface area contributed by atoms with Crippen molar-refractivity contribution in [1.82, 2.24) is 0 Å². The zero-order chi connectivity index (χ0) is 19.7. The molecule has 142 valence electrons. The number of carboxylic acids is 1. The SMILES string of the molecule is CCCS(=O)c1cc(OC(C)C)c2oc3ccc(C(=O)O)cc3c(=O)c2c1. The Balaban J connectivity index is 2.36. The number of hydrogen-bond acceptors (Lipinski definition) is 5. The minimum absolute atomic E-state index is 0.00137. The highest BCUT2D eigenvalue weighted by molar-refractivity contribution is 7.85. The van der Waals surface area contributed by atoms with Gasteiger partial charge in [-0.05, 0) is 44.5 Å². The van der Waals surface area contributed by atoms with Crippen molar-refractivity contribution in [1.29, 1.82) is 0 Å². The molecule has 0 amide bonds. The van der Waals surface area contributed by atoms with E-state index < -0.39 is 16.8 Å². The fourth-order valence-corrected chi connectivity index (χ4v) is 3.91. The van der Waals surface area contributed by atoms with Gasteiger partial charge in [-0.15, -0.1) is 0 Å². The lowest BCUT2D eigenvalue weighted by molar-refractivity contribution is 0.0697. The normalized spacial score (nSPS) is 12.6. The fourth-order valence-electron chi connectivity index (χ4n) is 2.81. The Morgan fingerprint density at radius 2 is 1.96 bits per heavy atom. The monoisotopic (exact) mass is 388 g/mol. The zero-order valence-electron chi connectivity index (χ0n) is 15.3. The molecule has 0 fully saturated rings. The van der Waals surface area contributed by atoms with E-state index in [2.05, 4.69) is 0 Å². The summed E-state index contributed by atoms with van der Waals surface area (Å²) in [5.41, 5.74) is 0.159. The van der Waals surface area contributed by atoms with E-state index in [0.717, 1.165) is 6.42 Å². The molecule has 1 heterocycles. The van der Waals surface area contributed by atoms with Crippen LogP contribution in [0.15, 0.2) is 44.4 Å². The maximum absolute atomic E-state index is 13.0. The average Bonchev–Trinajstić information content (AvgIpc) is 2.61. The molecule has 0 bridgehead atoms. The number of benzene rings is 2. The predicted molar refractivity (Wildman–Crippen MR) is 104 cm³/mol. The summed E-state index contributed by atoms with van der Waals surface area (Å²) < 4.78 is 24.2. The molecule has 0 aliphatic heterocycles. The summed E-state index contributed by atoms with van der Waals surface area (Å²) in [5.74, 6) is -0.310. The number of hydrogen-bond donors (Lipinski definition) is 1. The summed E-state index contributed by atoms with van der Waals surface area (Å²) in [6, 6.07) is 7.33. The van der Waals surface area contributed by atoms with Gasteiger partial charge in [0.15, 0.2) is 11.3 Å². The van der Waals surface area contributed by atoms with E-state index in [-0.39, 0.29) is 39.0 Å². The summed E-state index contributed by atoms with van der Waals surface area (Å²) in [5, 5.41) is 9.56. The third-order valence-electron chi connectivity index (χ3n) is 3.97. The molecule has 0 saturated heterocycles. The molecule has 1 unspecified atom stereocenters. The number of fused-ring (bicyclic) bond motifs is 2. The molecule has 3 aromatic rings. The fraction of sp³-hybridized carbons (Fsp3) is 0.300. The first-order chi connectivity index (χ1) is 12.8. The van der Waals surface area contributed by atoms with Crippen molar-refractivity contribution < 1.29 is 23.3 Å². The van der Waals surface area contributed by atoms with Crippen molar-refractivity contribution in [2.24, 2.45) is 0 Å². The lowest BCUT2D eigenvalue weighted by Gasteiger charge is -2.14. The third-order valence-corrected chi connectivity index (χ3v) is 5.51. The highest BCUT2D eigenvalue weighted by atomic mass is 32.2. The summed E-state index contributed by atoms with van der Waals surface area (Å²) in [7, 11) is -1.27. The van der Waals surface area contributed by atoms with Gasteiger partial charge in [-0.1, -0.05) is 6.92 Å². The van der Waals surface area contributed by atoms with Gasteiger partial charge in [-0.2, -0.15) is 0 Å². The zero-order valence-corrected chi connectivity index (χ0v) is 16.1. The van der Waals surface area contributed by atoms with Crippen molar-refractivity contribution in [3.8, 4) is 5.75 Å². The second kappa shape index (κ2) is 7.52. The predicted octanol–water partition coefficient (Wildman–Crippen LogP) is 3.95. The second-order valence-corrected chi connectivity index (χ2v) is 8.03. The van der Waals surface area contributed by atoms with Crippen LogP contribution in [0.25, 0.3) is 21.9 Å². The van der Waals surface area contributed by atoms with Crippen LogP contribution in [-0.4, -0.2) is 27.1 Å². The largest absolute Gasteiger partial charge is 0.487 e. The molecular weight excluding hydrogens is 368 g/mol. The van der Waals surface area contributed by atoms with E-state index in [4.69, 9.17) is 9.15 Å². The Morgan fingerprint density at radius 3 is 2.59 bits per heavy atom. The maximum atomic E-state index is 13.0. The van der Waals surface area contributed by atoms with E-state index in [1.807, 2.05) is 20.8 Å². The second-order valence-electron chi connectivity index (χ2n) is 6.46. The average molecular weight is 388 g/mol. The van der Waals surface area contributed by atoms with Crippen LogP contribution in [0.2, 0.25) is 0 Å². The van der Waals surface area contributed by atoms with Crippen LogP contribution < -0.4 is 10.2 Å². The number of rotatable bonds is 6. The molecule has 2 aromatic carbocycles. The lowest BCUT2D eigenvalue weighted by atomic mass is 10.1. The van der Waals surface area contributed by atoms with Crippen molar-refractivity contribution in [3.05, 3.63) is 46.1 Å². The van der Waals surface area contributed by atoms with E-state index in [0.29, 0.717) is 16.4 Å². The first-order valence-electron chi connectivity index (χ1n) is 8.64. The minimum atomic E-state index is -1.27. The van der Waals surface area contributed by atoms with Gasteiger partial charge in [0.2, 0.25) is 5.43 Å². The molecule has 6 nitrogen and oxygen atoms in total. The number of aromatic carboxylic acids is 1. The number of carboxylic acid groups (broad SMARTS) is 1. The minimum Gasteiger partial charge on any atom is -0.487 e. The van der Waals surface area contributed by atoms with Gasteiger partial charge >= 0.3 is 5.97 Å². The Kier molecular flexibility index (Phi) is 5.32. The molecule has 0 radical (unpaired) electrons. The maximum Gasteiger partial charge on any atom is 0.335 e. The van der Waals surface area contributed by atoms with Crippen molar-refractivity contribution in [2.75, 3.05) is 5.75 Å². The molecule has 27 heavy (non-hydrogen) atoms. The van der Waals surface area contributed by atoms with Crippen LogP contribution in [0.3, 0.4) is 0 Å². The van der Waals surface area contributed by atoms with Crippen LogP contribution >= 0.6 is 0 Å².